The van der Waals surface area contributed by atoms with Crippen LogP contribution in [0.5, 0.6) is 5.75 Å². The van der Waals surface area contributed by atoms with Crippen molar-refractivity contribution in [1.82, 2.24) is 20.1 Å². The Labute approximate surface area is 152 Å². The first-order chi connectivity index (χ1) is 12.7. The highest BCUT2D eigenvalue weighted by Crippen LogP contribution is 2.34. The first kappa shape index (κ1) is 15.5. The molecule has 2 fully saturated rings. The summed E-state index contributed by atoms with van der Waals surface area (Å²) in [4.78, 5) is 8.90. The van der Waals surface area contributed by atoms with Crippen molar-refractivity contribution in [2.45, 2.75) is 0 Å². The minimum atomic E-state index is 0.212. The van der Waals surface area contributed by atoms with Gasteiger partial charge < -0.3 is 14.9 Å². The van der Waals surface area contributed by atoms with Crippen LogP contribution in [-0.4, -0.2) is 58.4 Å². The maximum absolute atomic E-state index is 10.4. The number of aromatic hydroxyl groups is 1. The molecule has 2 aromatic heterocycles. The van der Waals surface area contributed by atoms with Gasteiger partial charge in [-0.2, -0.15) is 0 Å². The Kier molecular flexibility index (Phi) is 3.53. The molecule has 1 aromatic carbocycles. The Morgan fingerprint density at radius 3 is 2.50 bits per heavy atom. The van der Waals surface area contributed by atoms with Gasteiger partial charge in [-0.1, -0.05) is 0 Å². The lowest BCUT2D eigenvalue weighted by Crippen LogP contribution is -2.27. The van der Waals surface area contributed by atoms with E-state index in [-0.39, 0.29) is 5.75 Å². The van der Waals surface area contributed by atoms with E-state index in [1.807, 2.05) is 24.3 Å². The number of fused-ring (bicyclic) bond motifs is 2. The number of aromatic nitrogens is 3. The first-order valence-corrected chi connectivity index (χ1v) is 9.02. The summed E-state index contributed by atoms with van der Waals surface area (Å²) >= 11 is 0. The van der Waals surface area contributed by atoms with Crippen molar-refractivity contribution in [2.75, 3.05) is 38.1 Å². The van der Waals surface area contributed by atoms with Gasteiger partial charge in [0.25, 0.3) is 0 Å². The van der Waals surface area contributed by atoms with Gasteiger partial charge in [0.1, 0.15) is 5.75 Å². The third-order valence-corrected chi connectivity index (χ3v) is 5.67. The van der Waals surface area contributed by atoms with E-state index in [0.717, 1.165) is 41.5 Å². The molecule has 0 amide bonds. The lowest BCUT2D eigenvalue weighted by molar-refractivity contribution is 0.387. The van der Waals surface area contributed by atoms with Crippen molar-refractivity contribution in [3.05, 3.63) is 42.7 Å². The summed E-state index contributed by atoms with van der Waals surface area (Å²) in [5.74, 6) is 2.61. The van der Waals surface area contributed by atoms with E-state index in [1.165, 1.54) is 13.1 Å². The minimum Gasteiger partial charge on any atom is -0.507 e. The molecule has 5 rings (SSSR count). The van der Waals surface area contributed by atoms with Gasteiger partial charge in [-0.3, -0.25) is 4.98 Å². The van der Waals surface area contributed by atoms with Gasteiger partial charge in [0, 0.05) is 49.5 Å². The van der Waals surface area contributed by atoms with Crippen LogP contribution in [0.4, 0.5) is 5.82 Å². The van der Waals surface area contributed by atoms with Gasteiger partial charge in [-0.25, -0.2) is 0 Å². The van der Waals surface area contributed by atoms with Crippen LogP contribution in [0.1, 0.15) is 0 Å². The Morgan fingerprint density at radius 2 is 1.77 bits per heavy atom. The van der Waals surface area contributed by atoms with Crippen molar-refractivity contribution in [3.8, 4) is 17.0 Å². The molecule has 1 N–H and O–H groups in total. The SMILES string of the molecule is CN1C[C@@H]2CN(c3ccc(-c4cc5cnccc5cc4O)nn3)C[C@@H]2C1. The second kappa shape index (κ2) is 5.92. The fourth-order valence-corrected chi connectivity index (χ4v) is 4.38. The van der Waals surface area contributed by atoms with Crippen LogP contribution >= 0.6 is 0 Å². The predicted molar refractivity (Wildman–Crippen MR) is 101 cm³/mol. The minimum absolute atomic E-state index is 0.212. The molecule has 0 bridgehead atoms. The molecule has 6 heteroatoms. The Morgan fingerprint density at radius 1 is 0.962 bits per heavy atom. The lowest BCUT2D eigenvalue weighted by atomic mass is 10.0. The number of benzene rings is 1. The van der Waals surface area contributed by atoms with Gasteiger partial charge in [0.05, 0.1) is 5.69 Å². The number of nitrogens with zero attached hydrogens (tertiary/aromatic N) is 5. The van der Waals surface area contributed by atoms with E-state index in [9.17, 15) is 5.11 Å². The molecular weight excluding hydrogens is 326 g/mol. The Balaban J connectivity index is 1.41. The molecule has 132 valence electrons. The van der Waals surface area contributed by atoms with Crippen LogP contribution in [0.15, 0.2) is 42.7 Å². The molecule has 4 heterocycles. The summed E-state index contributed by atoms with van der Waals surface area (Å²) in [6.07, 6.45) is 3.51. The first-order valence-electron chi connectivity index (χ1n) is 9.02. The normalized spacial score (nSPS) is 22.9. The van der Waals surface area contributed by atoms with Crippen LogP contribution in [0.2, 0.25) is 0 Å². The summed E-state index contributed by atoms with van der Waals surface area (Å²) < 4.78 is 0. The number of phenols is 1. The number of hydrogen-bond donors (Lipinski definition) is 1. The van der Waals surface area contributed by atoms with E-state index in [0.29, 0.717) is 11.3 Å². The van der Waals surface area contributed by atoms with Crippen molar-refractivity contribution in [3.63, 3.8) is 0 Å². The zero-order chi connectivity index (χ0) is 17.7. The molecule has 2 atom stereocenters. The van der Waals surface area contributed by atoms with Crippen LogP contribution in [0.3, 0.4) is 0 Å². The second-order valence-corrected chi connectivity index (χ2v) is 7.52. The van der Waals surface area contributed by atoms with Crippen LogP contribution in [0.25, 0.3) is 22.0 Å². The molecule has 6 nitrogen and oxygen atoms in total. The molecule has 26 heavy (non-hydrogen) atoms. The molecule has 0 spiro atoms. The monoisotopic (exact) mass is 347 g/mol. The number of hydrogen-bond acceptors (Lipinski definition) is 6. The molecule has 2 aliphatic heterocycles. The molecule has 0 radical (unpaired) electrons. The van der Waals surface area contributed by atoms with Crippen LogP contribution in [-0.2, 0) is 0 Å². The topological polar surface area (TPSA) is 65.4 Å². The lowest BCUT2D eigenvalue weighted by Gasteiger charge is -2.19. The van der Waals surface area contributed by atoms with Crippen molar-refractivity contribution < 1.29 is 5.11 Å². The van der Waals surface area contributed by atoms with Gasteiger partial charge in [0.2, 0.25) is 0 Å². The fraction of sp³-hybridized carbons (Fsp3) is 0.350. The molecule has 0 unspecified atom stereocenters. The molecular formula is C20H21N5O. The van der Waals surface area contributed by atoms with Gasteiger partial charge in [-0.15, -0.1) is 10.2 Å². The summed E-state index contributed by atoms with van der Waals surface area (Å²) in [7, 11) is 2.20. The third-order valence-electron chi connectivity index (χ3n) is 5.67. The fourth-order valence-electron chi connectivity index (χ4n) is 4.38. The number of rotatable bonds is 2. The Bertz CT molecular complexity index is 944. The molecule has 2 aliphatic rings. The van der Waals surface area contributed by atoms with Crippen molar-refractivity contribution >= 4 is 16.6 Å². The zero-order valence-corrected chi connectivity index (χ0v) is 14.7. The molecule has 2 saturated heterocycles. The van der Waals surface area contributed by atoms with Gasteiger partial charge >= 0.3 is 0 Å². The summed E-state index contributed by atoms with van der Waals surface area (Å²) in [6.45, 7) is 4.45. The predicted octanol–water partition coefficient (Wildman–Crippen LogP) is 2.40. The van der Waals surface area contributed by atoms with Gasteiger partial charge in [-0.05, 0) is 54.6 Å². The average molecular weight is 347 g/mol. The Hall–Kier alpha value is -2.73. The van der Waals surface area contributed by atoms with Crippen LogP contribution < -0.4 is 4.90 Å². The van der Waals surface area contributed by atoms with Crippen molar-refractivity contribution in [2.24, 2.45) is 11.8 Å². The van der Waals surface area contributed by atoms with Crippen molar-refractivity contribution in [1.29, 1.82) is 0 Å². The highest BCUT2D eigenvalue weighted by molar-refractivity contribution is 5.89. The highest BCUT2D eigenvalue weighted by atomic mass is 16.3. The quantitative estimate of drug-likeness (QED) is 0.768. The van der Waals surface area contributed by atoms with E-state index >= 15 is 0 Å². The maximum Gasteiger partial charge on any atom is 0.151 e. The maximum atomic E-state index is 10.4. The smallest absolute Gasteiger partial charge is 0.151 e. The summed E-state index contributed by atoms with van der Waals surface area (Å²) in [6, 6.07) is 9.51. The number of anilines is 1. The van der Waals surface area contributed by atoms with E-state index in [1.54, 1.807) is 18.5 Å². The number of phenolic OH excluding ortho intramolecular Hbond substituents is 1. The third kappa shape index (κ3) is 2.57. The zero-order valence-electron chi connectivity index (χ0n) is 14.7. The second-order valence-electron chi connectivity index (χ2n) is 7.52. The van der Waals surface area contributed by atoms with E-state index in [2.05, 4.69) is 32.0 Å². The molecule has 3 aromatic rings. The number of pyridine rings is 1. The molecule has 0 aliphatic carbocycles. The summed E-state index contributed by atoms with van der Waals surface area (Å²) in [5, 5.41) is 21.1. The van der Waals surface area contributed by atoms with Gasteiger partial charge in [0.15, 0.2) is 5.82 Å². The average Bonchev–Trinajstić information content (AvgIpc) is 3.19. The molecule has 0 saturated carbocycles. The highest BCUT2D eigenvalue weighted by Gasteiger charge is 2.39. The van der Waals surface area contributed by atoms with E-state index < -0.39 is 0 Å². The standard InChI is InChI=1S/C20H21N5O/c1-24-9-15-11-25(12-16(15)10-24)20-3-2-18(22-23-20)17-6-14-8-21-5-4-13(14)7-19(17)26/h2-8,15-16,26H,9-12H2,1H3/t15-,16+. The largest absolute Gasteiger partial charge is 0.507 e. The van der Waals surface area contributed by atoms with Crippen LogP contribution in [0, 0.1) is 11.8 Å². The summed E-state index contributed by atoms with van der Waals surface area (Å²) in [5.41, 5.74) is 1.36. The van der Waals surface area contributed by atoms with E-state index in [4.69, 9.17) is 0 Å². The number of likely N-dealkylation sites (tertiary alicyclic amines) is 1.